The number of hydrogen-bond donors (Lipinski definition) is 2. The molecule has 1 aromatic carbocycles. The number of aliphatic hydroxyl groups excluding tert-OH is 2. The first kappa shape index (κ1) is 16.9. The van der Waals surface area contributed by atoms with Crippen LogP contribution < -0.4 is 0 Å². The molecule has 0 saturated heterocycles. The van der Waals surface area contributed by atoms with Crippen molar-refractivity contribution in [2.45, 2.75) is 19.8 Å². The van der Waals surface area contributed by atoms with Crippen LogP contribution in [0.15, 0.2) is 24.3 Å². The van der Waals surface area contributed by atoms with Gasteiger partial charge in [0, 0.05) is 0 Å². The molecule has 0 amide bonds. The minimum Gasteiger partial charge on any atom is -0.384 e. The number of halogens is 6. The van der Waals surface area contributed by atoms with E-state index in [1.54, 1.807) is 0 Å². The molecule has 0 aromatic heterocycles. The summed E-state index contributed by atoms with van der Waals surface area (Å²) in [5.41, 5.74) is 0.741. The summed E-state index contributed by atoms with van der Waals surface area (Å²) in [6.45, 7) is 0. The van der Waals surface area contributed by atoms with Crippen LogP contribution in [0.1, 0.15) is 23.3 Å². The van der Waals surface area contributed by atoms with E-state index in [0.29, 0.717) is 11.1 Å². The SMILES string of the molecule is O[C@H](c1ccc([C@@H](O)C(Cl)(Cl)Cl)cc1)C(Cl)(Cl)Cl. The molecule has 0 spiro atoms. The van der Waals surface area contributed by atoms with Crippen molar-refractivity contribution in [2.24, 2.45) is 0 Å². The lowest BCUT2D eigenvalue weighted by molar-refractivity contribution is 0.178. The zero-order valence-electron chi connectivity index (χ0n) is 8.63. The van der Waals surface area contributed by atoms with Crippen molar-refractivity contribution in [3.05, 3.63) is 35.4 Å². The molecular formula is C10H8Cl6O2. The van der Waals surface area contributed by atoms with Crippen molar-refractivity contribution in [1.29, 1.82) is 0 Å². The third-order valence-electron chi connectivity index (χ3n) is 2.19. The Balaban J connectivity index is 2.94. The van der Waals surface area contributed by atoms with Gasteiger partial charge in [0.1, 0.15) is 12.2 Å². The highest BCUT2D eigenvalue weighted by Crippen LogP contribution is 2.42. The predicted octanol–water partition coefficient (Wildman–Crippen LogP) is 4.49. The van der Waals surface area contributed by atoms with Gasteiger partial charge in [0.05, 0.1) is 0 Å². The number of aliphatic hydroxyl groups is 2. The topological polar surface area (TPSA) is 40.5 Å². The summed E-state index contributed by atoms with van der Waals surface area (Å²) in [6, 6.07) is 5.89. The van der Waals surface area contributed by atoms with E-state index in [4.69, 9.17) is 69.6 Å². The quantitative estimate of drug-likeness (QED) is 0.751. The molecule has 0 heterocycles. The zero-order valence-corrected chi connectivity index (χ0v) is 13.2. The fourth-order valence-corrected chi connectivity index (χ4v) is 1.99. The maximum Gasteiger partial charge on any atom is 0.220 e. The van der Waals surface area contributed by atoms with Crippen LogP contribution in [0.3, 0.4) is 0 Å². The molecule has 0 unspecified atom stereocenters. The largest absolute Gasteiger partial charge is 0.384 e. The minimum atomic E-state index is -1.84. The van der Waals surface area contributed by atoms with Gasteiger partial charge in [-0.1, -0.05) is 93.9 Å². The fraction of sp³-hybridized carbons (Fsp3) is 0.400. The first-order valence-electron chi connectivity index (χ1n) is 4.63. The molecule has 1 rings (SSSR count). The van der Waals surface area contributed by atoms with E-state index in [9.17, 15) is 10.2 Å². The van der Waals surface area contributed by atoms with Crippen molar-refractivity contribution in [2.75, 3.05) is 0 Å². The van der Waals surface area contributed by atoms with Gasteiger partial charge >= 0.3 is 0 Å². The molecule has 0 aliphatic rings. The van der Waals surface area contributed by atoms with Crippen LogP contribution in [0.25, 0.3) is 0 Å². The summed E-state index contributed by atoms with van der Waals surface area (Å²) in [5.74, 6) is 0. The number of alkyl halides is 6. The summed E-state index contributed by atoms with van der Waals surface area (Å²) in [6.07, 6.45) is -2.58. The van der Waals surface area contributed by atoms with E-state index < -0.39 is 19.8 Å². The van der Waals surface area contributed by atoms with Crippen molar-refractivity contribution in [3.63, 3.8) is 0 Å². The molecule has 102 valence electrons. The Labute approximate surface area is 134 Å². The maximum absolute atomic E-state index is 9.71. The van der Waals surface area contributed by atoms with Crippen LogP contribution in [0.5, 0.6) is 0 Å². The maximum atomic E-state index is 9.71. The van der Waals surface area contributed by atoms with E-state index in [1.807, 2.05) is 0 Å². The second-order valence-corrected chi connectivity index (χ2v) is 8.29. The molecule has 0 aliphatic carbocycles. The molecule has 2 N–H and O–H groups in total. The number of hydrogen-bond acceptors (Lipinski definition) is 2. The third kappa shape index (κ3) is 4.46. The monoisotopic (exact) mass is 370 g/mol. The summed E-state index contributed by atoms with van der Waals surface area (Å²) in [5, 5.41) is 19.4. The first-order chi connectivity index (χ1) is 8.03. The van der Waals surface area contributed by atoms with Crippen molar-refractivity contribution < 1.29 is 10.2 Å². The fourth-order valence-electron chi connectivity index (χ4n) is 1.24. The molecule has 2 nitrogen and oxygen atoms in total. The normalized spacial score (nSPS) is 16.4. The van der Waals surface area contributed by atoms with Gasteiger partial charge in [-0.05, 0) is 11.1 Å². The van der Waals surface area contributed by atoms with Crippen molar-refractivity contribution >= 4 is 69.6 Å². The van der Waals surface area contributed by atoms with Crippen LogP contribution >= 0.6 is 69.6 Å². The number of benzene rings is 1. The molecule has 18 heavy (non-hydrogen) atoms. The average Bonchev–Trinajstić information content (AvgIpc) is 2.25. The Bertz CT molecular complexity index is 355. The second kappa shape index (κ2) is 6.11. The Hall–Kier alpha value is 0.880. The van der Waals surface area contributed by atoms with Gasteiger partial charge < -0.3 is 10.2 Å². The van der Waals surface area contributed by atoms with E-state index in [0.717, 1.165) is 0 Å². The highest BCUT2D eigenvalue weighted by molar-refractivity contribution is 6.68. The lowest BCUT2D eigenvalue weighted by atomic mass is 10.0. The average molecular weight is 373 g/mol. The van der Waals surface area contributed by atoms with Gasteiger partial charge in [0.2, 0.25) is 7.59 Å². The van der Waals surface area contributed by atoms with Gasteiger partial charge in [-0.3, -0.25) is 0 Å². The lowest BCUT2D eigenvalue weighted by Crippen LogP contribution is -2.18. The molecule has 0 fully saturated rings. The summed E-state index contributed by atoms with van der Waals surface area (Å²) < 4.78 is -3.68. The van der Waals surface area contributed by atoms with Crippen LogP contribution in [0.4, 0.5) is 0 Å². The molecule has 0 aliphatic heterocycles. The van der Waals surface area contributed by atoms with Crippen molar-refractivity contribution in [1.82, 2.24) is 0 Å². The third-order valence-corrected chi connectivity index (χ3v) is 3.43. The van der Waals surface area contributed by atoms with Crippen molar-refractivity contribution in [3.8, 4) is 0 Å². The second-order valence-electron chi connectivity index (χ2n) is 3.55. The van der Waals surface area contributed by atoms with Gasteiger partial charge in [0.15, 0.2) is 0 Å². The van der Waals surface area contributed by atoms with Crippen LogP contribution in [0.2, 0.25) is 0 Å². The van der Waals surface area contributed by atoms with Crippen LogP contribution in [-0.4, -0.2) is 17.8 Å². The molecular weight excluding hydrogens is 365 g/mol. The smallest absolute Gasteiger partial charge is 0.220 e. The summed E-state index contributed by atoms with van der Waals surface area (Å²) in [7, 11) is 0. The Morgan fingerprint density at radius 3 is 1.06 bits per heavy atom. The summed E-state index contributed by atoms with van der Waals surface area (Å²) in [4.78, 5) is 0. The molecule has 2 atom stereocenters. The van der Waals surface area contributed by atoms with Gasteiger partial charge in [-0.2, -0.15) is 0 Å². The highest BCUT2D eigenvalue weighted by Gasteiger charge is 2.34. The van der Waals surface area contributed by atoms with Crippen LogP contribution in [-0.2, 0) is 0 Å². The highest BCUT2D eigenvalue weighted by atomic mass is 35.6. The zero-order chi connectivity index (χ0) is 14.1. The standard InChI is InChI=1S/C10H8Cl6O2/c11-9(12,13)7(17)5-1-2-6(4-3-5)8(18)10(14,15)16/h1-4,7-8,17-18H/t7-,8-/m1/s1. The Morgan fingerprint density at radius 2 is 0.889 bits per heavy atom. The minimum absolute atomic E-state index is 0.371. The van der Waals surface area contributed by atoms with Gasteiger partial charge in [-0.15, -0.1) is 0 Å². The Morgan fingerprint density at radius 1 is 0.667 bits per heavy atom. The molecule has 0 saturated carbocycles. The van der Waals surface area contributed by atoms with E-state index >= 15 is 0 Å². The van der Waals surface area contributed by atoms with Gasteiger partial charge in [-0.25, -0.2) is 0 Å². The molecule has 0 radical (unpaired) electrons. The lowest BCUT2D eigenvalue weighted by Gasteiger charge is -2.21. The van der Waals surface area contributed by atoms with E-state index in [1.165, 1.54) is 24.3 Å². The molecule has 0 bridgehead atoms. The van der Waals surface area contributed by atoms with Crippen LogP contribution in [0, 0.1) is 0 Å². The molecule has 1 aromatic rings. The summed E-state index contributed by atoms with van der Waals surface area (Å²) >= 11 is 33.4. The van der Waals surface area contributed by atoms with E-state index in [-0.39, 0.29) is 0 Å². The first-order valence-corrected chi connectivity index (χ1v) is 6.89. The van der Waals surface area contributed by atoms with E-state index in [2.05, 4.69) is 0 Å². The predicted molar refractivity (Wildman–Crippen MR) is 76.9 cm³/mol. The number of rotatable bonds is 2. The molecule has 8 heteroatoms. The Kier molecular flexibility index (Phi) is 5.75. The van der Waals surface area contributed by atoms with Gasteiger partial charge in [0.25, 0.3) is 0 Å².